The number of aryl methyl sites for hydroxylation is 1. The highest BCUT2D eigenvalue weighted by atomic mass is 35.5. The van der Waals surface area contributed by atoms with Gasteiger partial charge in [-0.3, -0.25) is 19.1 Å². The minimum absolute atomic E-state index is 0.102. The number of fused-ring (bicyclic) bond motifs is 1. The second-order valence-corrected chi connectivity index (χ2v) is 7.40. The molecular formula is C20H19ClN4O4. The number of amides is 1. The summed E-state index contributed by atoms with van der Waals surface area (Å²) in [6.07, 6.45) is 1.67. The van der Waals surface area contributed by atoms with E-state index < -0.39 is 17.2 Å². The van der Waals surface area contributed by atoms with Gasteiger partial charge in [0, 0.05) is 17.3 Å². The van der Waals surface area contributed by atoms with Crippen LogP contribution in [0.3, 0.4) is 0 Å². The lowest BCUT2D eigenvalue weighted by Crippen LogP contribution is -2.34. The molecule has 0 radical (unpaired) electrons. The Labute approximate surface area is 170 Å². The van der Waals surface area contributed by atoms with Crippen LogP contribution >= 0.6 is 11.6 Å². The maximum atomic E-state index is 12.7. The van der Waals surface area contributed by atoms with Crippen LogP contribution in [0, 0.1) is 6.92 Å². The Kier molecular flexibility index (Phi) is 5.21. The normalized spacial score (nSPS) is 16.3. The maximum absolute atomic E-state index is 12.7. The lowest BCUT2D eigenvalue weighted by atomic mass is 10.1. The van der Waals surface area contributed by atoms with E-state index in [1.807, 2.05) is 0 Å². The first-order valence-electron chi connectivity index (χ1n) is 9.25. The molecular weight excluding hydrogens is 396 g/mol. The lowest BCUT2D eigenvalue weighted by molar-refractivity contribution is 0.0967. The van der Waals surface area contributed by atoms with Crippen LogP contribution < -0.4 is 16.6 Å². The Hall–Kier alpha value is -2.97. The minimum Gasteiger partial charge on any atom is -0.376 e. The van der Waals surface area contributed by atoms with Crippen LogP contribution in [0.2, 0.25) is 5.02 Å². The van der Waals surface area contributed by atoms with Gasteiger partial charge in [0.2, 0.25) is 0 Å². The van der Waals surface area contributed by atoms with Crippen LogP contribution in [0.5, 0.6) is 0 Å². The molecule has 8 nitrogen and oxygen atoms in total. The van der Waals surface area contributed by atoms with Crippen LogP contribution in [0.15, 0.2) is 39.9 Å². The van der Waals surface area contributed by atoms with Crippen LogP contribution in [-0.4, -0.2) is 33.2 Å². The number of ether oxygens (including phenoxy) is 1. The monoisotopic (exact) mass is 414 g/mol. The molecule has 1 aromatic carbocycles. The molecule has 1 unspecified atom stereocenters. The molecule has 0 saturated carbocycles. The quantitative estimate of drug-likeness (QED) is 0.682. The molecule has 150 valence electrons. The fourth-order valence-electron chi connectivity index (χ4n) is 3.45. The van der Waals surface area contributed by atoms with E-state index >= 15 is 0 Å². The number of carbonyl (C=O) groups is 1. The number of nitrogens with zero attached hydrogens (tertiary/aromatic N) is 2. The van der Waals surface area contributed by atoms with Crippen molar-refractivity contribution in [1.82, 2.24) is 14.5 Å². The number of hydrogen-bond donors (Lipinski definition) is 2. The van der Waals surface area contributed by atoms with E-state index in [0.29, 0.717) is 29.6 Å². The van der Waals surface area contributed by atoms with E-state index in [1.165, 1.54) is 10.6 Å². The molecule has 4 rings (SSSR count). The van der Waals surface area contributed by atoms with Crippen molar-refractivity contribution >= 4 is 34.2 Å². The molecule has 1 aliphatic heterocycles. The van der Waals surface area contributed by atoms with Gasteiger partial charge in [0.15, 0.2) is 0 Å². The van der Waals surface area contributed by atoms with Crippen molar-refractivity contribution < 1.29 is 9.53 Å². The first kappa shape index (κ1) is 19.4. The van der Waals surface area contributed by atoms with E-state index in [2.05, 4.69) is 15.3 Å². The number of benzene rings is 1. The Bertz CT molecular complexity index is 1210. The largest absolute Gasteiger partial charge is 0.376 e. The number of pyridine rings is 1. The van der Waals surface area contributed by atoms with Gasteiger partial charge in [-0.05, 0) is 44.0 Å². The SMILES string of the molecule is Cc1nc2c(cc1C(=O)Nc1cccc(Cl)c1)c(=O)[nH]c(=O)n2CC1CCCO1. The van der Waals surface area contributed by atoms with E-state index in [1.54, 1.807) is 31.2 Å². The van der Waals surface area contributed by atoms with Gasteiger partial charge in [-0.25, -0.2) is 9.78 Å². The zero-order valence-corrected chi connectivity index (χ0v) is 16.5. The molecule has 3 aromatic rings. The molecule has 9 heteroatoms. The highest BCUT2D eigenvalue weighted by molar-refractivity contribution is 6.31. The summed E-state index contributed by atoms with van der Waals surface area (Å²) in [5.41, 5.74) is 0.289. The molecule has 1 saturated heterocycles. The van der Waals surface area contributed by atoms with Crippen LogP contribution in [-0.2, 0) is 11.3 Å². The van der Waals surface area contributed by atoms with Crippen molar-refractivity contribution in [2.45, 2.75) is 32.4 Å². The average molecular weight is 415 g/mol. The Morgan fingerprint density at radius 1 is 1.38 bits per heavy atom. The summed E-state index contributed by atoms with van der Waals surface area (Å²) in [5.74, 6) is -0.421. The van der Waals surface area contributed by atoms with Gasteiger partial charge < -0.3 is 10.1 Å². The number of H-pyrrole nitrogens is 1. The second kappa shape index (κ2) is 7.81. The van der Waals surface area contributed by atoms with Gasteiger partial charge in [-0.1, -0.05) is 17.7 Å². The van der Waals surface area contributed by atoms with Crippen LogP contribution in [0.4, 0.5) is 5.69 Å². The van der Waals surface area contributed by atoms with Crippen LogP contribution in [0.25, 0.3) is 11.0 Å². The third-order valence-electron chi connectivity index (χ3n) is 4.90. The Morgan fingerprint density at radius 2 is 2.21 bits per heavy atom. The maximum Gasteiger partial charge on any atom is 0.330 e. The van der Waals surface area contributed by atoms with E-state index in [9.17, 15) is 14.4 Å². The van der Waals surface area contributed by atoms with Gasteiger partial charge in [-0.2, -0.15) is 0 Å². The summed E-state index contributed by atoms with van der Waals surface area (Å²) in [5, 5.41) is 3.41. The second-order valence-electron chi connectivity index (χ2n) is 6.96. The summed E-state index contributed by atoms with van der Waals surface area (Å²) in [6.45, 7) is 2.61. The summed E-state index contributed by atoms with van der Waals surface area (Å²) in [4.78, 5) is 44.2. The number of aromatic nitrogens is 3. The van der Waals surface area contributed by atoms with E-state index in [-0.39, 0.29) is 22.7 Å². The van der Waals surface area contributed by atoms with E-state index in [4.69, 9.17) is 16.3 Å². The molecule has 0 aliphatic carbocycles. The number of rotatable bonds is 4. The van der Waals surface area contributed by atoms with Gasteiger partial charge >= 0.3 is 5.69 Å². The highest BCUT2D eigenvalue weighted by Crippen LogP contribution is 2.19. The zero-order valence-electron chi connectivity index (χ0n) is 15.7. The van der Waals surface area contributed by atoms with Crippen molar-refractivity contribution in [3.63, 3.8) is 0 Å². The summed E-state index contributed by atoms with van der Waals surface area (Å²) in [7, 11) is 0. The first-order chi connectivity index (χ1) is 13.9. The Balaban J connectivity index is 1.75. The zero-order chi connectivity index (χ0) is 20.5. The molecule has 3 heterocycles. The van der Waals surface area contributed by atoms with Crippen molar-refractivity contribution in [3.05, 3.63) is 67.4 Å². The van der Waals surface area contributed by atoms with Gasteiger partial charge in [-0.15, -0.1) is 0 Å². The standard InChI is InChI=1S/C20H19ClN4O4/c1-11-15(18(26)23-13-5-2-4-12(21)8-13)9-16-17(22-11)25(20(28)24-19(16)27)10-14-6-3-7-29-14/h2,4-5,8-9,14H,3,6-7,10H2,1H3,(H,23,26)(H,24,27,28). The van der Waals surface area contributed by atoms with Gasteiger partial charge in [0.05, 0.1) is 29.3 Å². The molecule has 1 aliphatic rings. The number of anilines is 1. The average Bonchev–Trinajstić information content (AvgIpc) is 3.18. The predicted octanol–water partition coefficient (Wildman–Crippen LogP) is 2.48. The van der Waals surface area contributed by atoms with Crippen molar-refractivity contribution in [2.24, 2.45) is 0 Å². The molecule has 1 atom stereocenters. The summed E-state index contributed by atoms with van der Waals surface area (Å²) in [6, 6.07) is 8.21. The minimum atomic E-state index is -0.585. The number of halogens is 1. The molecule has 1 fully saturated rings. The van der Waals surface area contributed by atoms with Crippen molar-refractivity contribution in [3.8, 4) is 0 Å². The van der Waals surface area contributed by atoms with Gasteiger partial charge in [0.25, 0.3) is 11.5 Å². The number of nitrogens with one attached hydrogen (secondary N) is 2. The highest BCUT2D eigenvalue weighted by Gasteiger charge is 2.21. The molecule has 0 spiro atoms. The molecule has 1 amide bonds. The molecule has 2 N–H and O–H groups in total. The number of carbonyl (C=O) groups excluding carboxylic acids is 1. The smallest absolute Gasteiger partial charge is 0.330 e. The first-order valence-corrected chi connectivity index (χ1v) is 9.63. The van der Waals surface area contributed by atoms with Crippen molar-refractivity contribution in [2.75, 3.05) is 11.9 Å². The van der Waals surface area contributed by atoms with Crippen molar-refractivity contribution in [1.29, 1.82) is 0 Å². The fraction of sp³-hybridized carbons (Fsp3) is 0.300. The summed E-state index contributed by atoms with van der Waals surface area (Å²) >= 11 is 5.95. The Morgan fingerprint density at radius 3 is 2.93 bits per heavy atom. The topological polar surface area (TPSA) is 106 Å². The fourth-order valence-corrected chi connectivity index (χ4v) is 3.64. The number of hydrogen-bond acceptors (Lipinski definition) is 5. The third-order valence-corrected chi connectivity index (χ3v) is 5.13. The molecule has 29 heavy (non-hydrogen) atoms. The molecule has 2 aromatic heterocycles. The lowest BCUT2D eigenvalue weighted by Gasteiger charge is -2.15. The van der Waals surface area contributed by atoms with Gasteiger partial charge in [0.1, 0.15) is 5.65 Å². The van der Waals surface area contributed by atoms with Crippen LogP contribution in [0.1, 0.15) is 28.9 Å². The van der Waals surface area contributed by atoms with E-state index in [0.717, 1.165) is 12.8 Å². The summed E-state index contributed by atoms with van der Waals surface area (Å²) < 4.78 is 7.01. The predicted molar refractivity (Wildman–Crippen MR) is 110 cm³/mol. The number of aromatic amines is 1. The molecule has 0 bridgehead atoms. The third kappa shape index (κ3) is 3.94.